The van der Waals surface area contributed by atoms with E-state index in [2.05, 4.69) is 38.7 Å². The fourth-order valence-electron chi connectivity index (χ4n) is 2.88. The first-order valence-corrected chi connectivity index (χ1v) is 8.11. The Morgan fingerprint density at radius 3 is 2.59 bits per heavy atom. The van der Waals surface area contributed by atoms with Crippen molar-refractivity contribution < 1.29 is 0 Å². The zero-order valence-electron chi connectivity index (χ0n) is 12.0. The Labute approximate surface area is 136 Å². The van der Waals surface area contributed by atoms with Crippen molar-refractivity contribution in [1.82, 2.24) is 14.5 Å². The molecule has 0 amide bonds. The summed E-state index contributed by atoms with van der Waals surface area (Å²) in [5.74, 6) is 0. The van der Waals surface area contributed by atoms with Crippen molar-refractivity contribution in [2.24, 2.45) is 5.73 Å². The molecule has 4 aromatic rings. The summed E-state index contributed by atoms with van der Waals surface area (Å²) in [7, 11) is 0. The Hall–Kier alpha value is -1.98. The molecule has 4 nitrogen and oxygen atoms in total. The lowest BCUT2D eigenvalue weighted by Crippen LogP contribution is -2.06. The summed E-state index contributed by atoms with van der Waals surface area (Å²) < 4.78 is 3.27. The largest absolute Gasteiger partial charge is 0.330 e. The lowest BCUT2D eigenvalue weighted by atomic mass is 10.2. The molecule has 0 spiro atoms. The quantitative estimate of drug-likeness (QED) is 0.607. The molecule has 2 aromatic heterocycles. The molecule has 0 aliphatic heterocycles. The predicted octanol–water partition coefficient (Wildman–Crippen LogP) is 3.85. The van der Waals surface area contributed by atoms with E-state index in [-0.39, 0.29) is 0 Å². The molecule has 0 fully saturated rings. The zero-order valence-corrected chi connectivity index (χ0v) is 13.5. The van der Waals surface area contributed by atoms with Crippen molar-refractivity contribution in [3.8, 4) is 0 Å². The number of rotatable bonds is 3. The number of hydrogen-bond acceptors (Lipinski definition) is 3. The second-order valence-electron chi connectivity index (χ2n) is 5.34. The van der Waals surface area contributed by atoms with E-state index in [9.17, 15) is 0 Å². The number of benzene rings is 2. The van der Waals surface area contributed by atoms with E-state index >= 15 is 0 Å². The van der Waals surface area contributed by atoms with Gasteiger partial charge in [-0.1, -0.05) is 28.1 Å². The summed E-state index contributed by atoms with van der Waals surface area (Å²) in [4.78, 5) is 9.68. The van der Waals surface area contributed by atoms with Crippen molar-refractivity contribution in [3.05, 3.63) is 46.9 Å². The van der Waals surface area contributed by atoms with Gasteiger partial charge >= 0.3 is 0 Å². The average molecular weight is 355 g/mol. The third-order valence-corrected chi connectivity index (χ3v) is 4.39. The first kappa shape index (κ1) is 13.7. The van der Waals surface area contributed by atoms with Gasteiger partial charge in [-0.05, 0) is 43.3 Å². The van der Waals surface area contributed by atoms with E-state index in [0.717, 1.165) is 50.5 Å². The number of para-hydroxylation sites is 2. The molecule has 22 heavy (non-hydrogen) atoms. The first-order chi connectivity index (χ1) is 10.8. The SMILES string of the molecule is NCCCn1c2ccc(Br)cc2c2nc3ccccc3nc21. The molecule has 0 unspecified atom stereocenters. The standard InChI is InChI=1S/C17H15BrN4/c18-11-6-7-15-12(10-11)16-17(22(15)9-3-8-19)21-14-5-2-1-4-13(14)20-16/h1-2,4-7,10H,3,8-9,19H2. The molecular formula is C17H15BrN4. The van der Waals surface area contributed by atoms with Crippen molar-refractivity contribution >= 4 is 49.0 Å². The van der Waals surface area contributed by atoms with Crippen molar-refractivity contribution in [2.45, 2.75) is 13.0 Å². The second-order valence-corrected chi connectivity index (χ2v) is 6.26. The van der Waals surface area contributed by atoms with E-state index in [0.29, 0.717) is 6.54 Å². The van der Waals surface area contributed by atoms with Gasteiger partial charge in [0.1, 0.15) is 5.52 Å². The van der Waals surface area contributed by atoms with Crippen LogP contribution >= 0.6 is 15.9 Å². The minimum Gasteiger partial charge on any atom is -0.330 e. The van der Waals surface area contributed by atoms with Gasteiger partial charge in [-0.15, -0.1) is 0 Å². The number of halogens is 1. The maximum atomic E-state index is 5.69. The number of nitrogens with zero attached hydrogens (tertiary/aromatic N) is 3. The Bertz CT molecular complexity index is 990. The molecule has 2 N–H and O–H groups in total. The minimum absolute atomic E-state index is 0.665. The summed E-state index contributed by atoms with van der Waals surface area (Å²) in [5, 5.41) is 1.12. The maximum absolute atomic E-state index is 5.69. The van der Waals surface area contributed by atoms with E-state index in [1.807, 2.05) is 24.3 Å². The Balaban J connectivity index is 2.13. The number of fused-ring (bicyclic) bond motifs is 4. The molecule has 0 aliphatic rings. The van der Waals surface area contributed by atoms with Crippen LogP contribution in [0.2, 0.25) is 0 Å². The van der Waals surface area contributed by atoms with Crippen LogP contribution in [0, 0.1) is 0 Å². The molecule has 2 heterocycles. The smallest absolute Gasteiger partial charge is 0.160 e. The van der Waals surface area contributed by atoms with Gasteiger partial charge in [0.25, 0.3) is 0 Å². The van der Waals surface area contributed by atoms with E-state index in [1.54, 1.807) is 0 Å². The highest BCUT2D eigenvalue weighted by atomic mass is 79.9. The Kier molecular flexibility index (Phi) is 3.32. The van der Waals surface area contributed by atoms with Gasteiger partial charge in [0.2, 0.25) is 0 Å². The molecule has 2 aromatic carbocycles. The fourth-order valence-corrected chi connectivity index (χ4v) is 3.24. The lowest BCUT2D eigenvalue weighted by molar-refractivity contribution is 0.683. The van der Waals surface area contributed by atoms with Crippen molar-refractivity contribution in [1.29, 1.82) is 0 Å². The average Bonchev–Trinajstić information content (AvgIpc) is 2.83. The molecule has 0 saturated carbocycles. The molecule has 0 bridgehead atoms. The normalized spacial score (nSPS) is 11.7. The molecule has 0 radical (unpaired) electrons. The number of nitrogens with two attached hydrogens (primary N) is 1. The van der Waals surface area contributed by atoms with E-state index in [1.165, 1.54) is 0 Å². The number of hydrogen-bond donors (Lipinski definition) is 1. The maximum Gasteiger partial charge on any atom is 0.160 e. The summed E-state index contributed by atoms with van der Waals surface area (Å²) in [6.07, 6.45) is 0.920. The van der Waals surface area contributed by atoms with Crippen LogP contribution in [-0.2, 0) is 6.54 Å². The molecule has 110 valence electrons. The lowest BCUT2D eigenvalue weighted by Gasteiger charge is -2.05. The van der Waals surface area contributed by atoms with Gasteiger partial charge in [0, 0.05) is 16.4 Å². The molecule has 0 saturated heterocycles. The zero-order chi connectivity index (χ0) is 15.1. The Morgan fingerprint density at radius 2 is 1.82 bits per heavy atom. The molecule has 0 aliphatic carbocycles. The highest BCUT2D eigenvalue weighted by Crippen LogP contribution is 2.30. The summed E-state index contributed by atoms with van der Waals surface area (Å²) in [5.41, 5.74) is 10.6. The first-order valence-electron chi connectivity index (χ1n) is 7.32. The topological polar surface area (TPSA) is 56.7 Å². The van der Waals surface area contributed by atoms with Crippen molar-refractivity contribution in [2.75, 3.05) is 6.54 Å². The van der Waals surface area contributed by atoms with Crippen LogP contribution in [-0.4, -0.2) is 21.1 Å². The van der Waals surface area contributed by atoms with Crippen LogP contribution in [0.4, 0.5) is 0 Å². The van der Waals surface area contributed by atoms with E-state index < -0.39 is 0 Å². The van der Waals surface area contributed by atoms with Gasteiger partial charge in [0.05, 0.1) is 16.6 Å². The van der Waals surface area contributed by atoms with Gasteiger partial charge in [-0.25, -0.2) is 9.97 Å². The molecule has 4 rings (SSSR count). The fraction of sp³-hybridized carbons (Fsp3) is 0.176. The molecule has 0 atom stereocenters. The van der Waals surface area contributed by atoms with E-state index in [4.69, 9.17) is 15.7 Å². The molecule has 5 heteroatoms. The van der Waals surface area contributed by atoms with Crippen LogP contribution in [0.15, 0.2) is 46.9 Å². The third-order valence-electron chi connectivity index (χ3n) is 3.90. The highest BCUT2D eigenvalue weighted by molar-refractivity contribution is 9.10. The monoisotopic (exact) mass is 354 g/mol. The van der Waals surface area contributed by atoms with Crippen molar-refractivity contribution in [3.63, 3.8) is 0 Å². The second kappa shape index (κ2) is 5.34. The van der Waals surface area contributed by atoms with Crippen LogP contribution in [0.25, 0.3) is 33.1 Å². The third kappa shape index (κ3) is 2.09. The van der Waals surface area contributed by atoms with Gasteiger partial charge in [0.15, 0.2) is 5.65 Å². The summed E-state index contributed by atoms with van der Waals surface area (Å²) in [6, 6.07) is 14.3. The van der Waals surface area contributed by atoms with Crippen LogP contribution in [0.5, 0.6) is 0 Å². The number of aryl methyl sites for hydroxylation is 1. The predicted molar refractivity (Wildman–Crippen MR) is 93.9 cm³/mol. The van der Waals surface area contributed by atoms with Gasteiger partial charge in [-0.2, -0.15) is 0 Å². The van der Waals surface area contributed by atoms with Crippen LogP contribution < -0.4 is 5.73 Å². The van der Waals surface area contributed by atoms with Gasteiger partial charge in [-0.3, -0.25) is 0 Å². The summed E-state index contributed by atoms with van der Waals surface area (Å²) in [6.45, 7) is 1.52. The van der Waals surface area contributed by atoms with Crippen LogP contribution in [0.1, 0.15) is 6.42 Å². The van der Waals surface area contributed by atoms with Crippen LogP contribution in [0.3, 0.4) is 0 Å². The minimum atomic E-state index is 0.665. The summed E-state index contributed by atoms with van der Waals surface area (Å²) >= 11 is 3.55. The Morgan fingerprint density at radius 1 is 1.05 bits per heavy atom. The number of aromatic nitrogens is 3. The molecular weight excluding hydrogens is 340 g/mol. The highest BCUT2D eigenvalue weighted by Gasteiger charge is 2.14. The van der Waals surface area contributed by atoms with Gasteiger partial charge < -0.3 is 10.3 Å².